The van der Waals surface area contributed by atoms with Crippen LogP contribution < -0.4 is 0 Å². The number of rotatable bonds is 10. The third kappa shape index (κ3) is 6.22. The molecule has 0 saturated heterocycles. The van der Waals surface area contributed by atoms with E-state index in [-0.39, 0.29) is 42.6 Å². The molecule has 0 saturated carbocycles. The Hall–Kier alpha value is -2.75. The average Bonchev–Trinajstić information content (AvgIpc) is 3.20. The number of carbonyl (C=O) groups is 1. The minimum atomic E-state index is -3.85. The Morgan fingerprint density at radius 3 is 2.53 bits per heavy atom. The lowest BCUT2D eigenvalue weighted by Crippen LogP contribution is -2.37. The summed E-state index contributed by atoms with van der Waals surface area (Å²) in [4.78, 5) is 19.0. The Morgan fingerprint density at radius 2 is 1.91 bits per heavy atom. The maximum Gasteiger partial charge on any atom is 0.254 e. The van der Waals surface area contributed by atoms with Crippen LogP contribution in [0.25, 0.3) is 0 Å². The largest absolute Gasteiger partial charge is 0.383 e. The molecule has 10 heteroatoms. The summed E-state index contributed by atoms with van der Waals surface area (Å²) in [7, 11) is -2.33. The zero-order valence-corrected chi connectivity index (χ0v) is 20.8. The fourth-order valence-electron chi connectivity index (χ4n) is 3.50. The van der Waals surface area contributed by atoms with Crippen molar-refractivity contribution in [3.63, 3.8) is 0 Å². The van der Waals surface area contributed by atoms with Crippen molar-refractivity contribution in [1.29, 1.82) is 0 Å². The predicted octanol–water partition coefficient (Wildman–Crippen LogP) is 4.35. The highest BCUT2D eigenvalue weighted by atomic mass is 35.5. The van der Waals surface area contributed by atoms with Gasteiger partial charge in [-0.3, -0.25) is 4.79 Å². The van der Waals surface area contributed by atoms with Crippen molar-refractivity contribution < 1.29 is 22.3 Å². The van der Waals surface area contributed by atoms with Crippen LogP contribution in [0, 0.1) is 5.82 Å². The highest BCUT2D eigenvalue weighted by Crippen LogP contribution is 2.21. The Bertz CT molecular complexity index is 1240. The van der Waals surface area contributed by atoms with Crippen molar-refractivity contribution in [2.75, 3.05) is 13.7 Å². The number of aromatic nitrogens is 2. The van der Waals surface area contributed by atoms with Gasteiger partial charge in [0.2, 0.25) is 15.0 Å². The van der Waals surface area contributed by atoms with E-state index in [0.29, 0.717) is 21.8 Å². The molecular formula is C24H27ClFN3O4S. The lowest BCUT2D eigenvalue weighted by Gasteiger charge is -2.27. The van der Waals surface area contributed by atoms with E-state index in [4.69, 9.17) is 16.3 Å². The number of benzene rings is 2. The van der Waals surface area contributed by atoms with Gasteiger partial charge in [0, 0.05) is 30.3 Å². The molecular weight excluding hydrogens is 481 g/mol. The molecule has 34 heavy (non-hydrogen) atoms. The molecule has 0 bridgehead atoms. The molecule has 1 heterocycles. The van der Waals surface area contributed by atoms with Gasteiger partial charge in [-0.15, -0.1) is 0 Å². The maximum atomic E-state index is 13.2. The first-order valence-corrected chi connectivity index (χ1v) is 12.7. The van der Waals surface area contributed by atoms with Crippen molar-refractivity contribution in [1.82, 2.24) is 14.5 Å². The molecule has 3 rings (SSSR count). The molecule has 0 aliphatic carbocycles. The second kappa shape index (κ2) is 11.1. The summed E-state index contributed by atoms with van der Waals surface area (Å²) in [6, 6.07) is 11.8. The molecule has 1 amide bonds. The van der Waals surface area contributed by atoms with E-state index >= 15 is 0 Å². The number of nitrogens with zero attached hydrogens (tertiary/aromatic N) is 3. The normalized spacial score (nSPS) is 11.7. The van der Waals surface area contributed by atoms with Gasteiger partial charge in [0.15, 0.2) is 0 Å². The molecule has 182 valence electrons. The van der Waals surface area contributed by atoms with Gasteiger partial charge in [0.05, 0.1) is 30.8 Å². The van der Waals surface area contributed by atoms with Crippen LogP contribution in [0.1, 0.15) is 35.5 Å². The SMILES string of the molecule is COCCn1c(CN(C(=O)c2cccc(Cl)c2)C(C)C)cnc1S(=O)(=O)Cc1ccc(F)cc1. The van der Waals surface area contributed by atoms with Gasteiger partial charge in [-0.25, -0.2) is 17.8 Å². The number of methoxy groups -OCH3 is 1. The topological polar surface area (TPSA) is 81.5 Å². The fraction of sp³-hybridized carbons (Fsp3) is 0.333. The fourth-order valence-corrected chi connectivity index (χ4v) is 5.21. The maximum absolute atomic E-state index is 13.2. The Labute approximate surface area is 204 Å². The second-order valence-electron chi connectivity index (χ2n) is 8.10. The van der Waals surface area contributed by atoms with Crippen LogP contribution in [-0.2, 0) is 33.4 Å². The molecule has 7 nitrogen and oxygen atoms in total. The van der Waals surface area contributed by atoms with Gasteiger partial charge >= 0.3 is 0 Å². The Morgan fingerprint density at radius 1 is 1.21 bits per heavy atom. The monoisotopic (exact) mass is 507 g/mol. The highest BCUT2D eigenvalue weighted by molar-refractivity contribution is 7.90. The van der Waals surface area contributed by atoms with Crippen LogP contribution >= 0.6 is 11.6 Å². The second-order valence-corrected chi connectivity index (χ2v) is 10.4. The van der Waals surface area contributed by atoms with Crippen LogP contribution in [0.15, 0.2) is 59.9 Å². The predicted molar refractivity (Wildman–Crippen MR) is 128 cm³/mol. The van der Waals surface area contributed by atoms with Crippen molar-refractivity contribution >= 4 is 27.3 Å². The molecule has 0 aliphatic heterocycles. The first kappa shape index (κ1) is 25.9. The molecule has 3 aromatic rings. The zero-order valence-electron chi connectivity index (χ0n) is 19.2. The smallest absolute Gasteiger partial charge is 0.254 e. The molecule has 2 aromatic carbocycles. The molecule has 0 fully saturated rings. The molecule has 0 atom stereocenters. The average molecular weight is 508 g/mol. The summed E-state index contributed by atoms with van der Waals surface area (Å²) in [6.07, 6.45) is 1.47. The number of amides is 1. The van der Waals surface area contributed by atoms with Crippen LogP contribution in [0.4, 0.5) is 4.39 Å². The lowest BCUT2D eigenvalue weighted by atomic mass is 10.1. The van der Waals surface area contributed by atoms with Crippen molar-refractivity contribution in [3.8, 4) is 0 Å². The minimum absolute atomic E-state index is 0.122. The molecule has 0 radical (unpaired) electrons. The van der Waals surface area contributed by atoms with E-state index < -0.39 is 15.7 Å². The van der Waals surface area contributed by atoms with E-state index in [1.807, 2.05) is 13.8 Å². The summed E-state index contributed by atoms with van der Waals surface area (Å²) < 4.78 is 46.3. The van der Waals surface area contributed by atoms with Crippen LogP contribution in [-0.4, -0.2) is 48.5 Å². The number of sulfone groups is 1. The zero-order chi connectivity index (χ0) is 24.9. The third-order valence-corrected chi connectivity index (χ3v) is 7.09. The van der Waals surface area contributed by atoms with Gasteiger partial charge in [-0.05, 0) is 49.7 Å². The van der Waals surface area contributed by atoms with E-state index in [9.17, 15) is 17.6 Å². The van der Waals surface area contributed by atoms with E-state index in [2.05, 4.69) is 4.98 Å². The summed E-state index contributed by atoms with van der Waals surface area (Å²) in [5, 5.41) is 0.330. The molecule has 1 aromatic heterocycles. The summed E-state index contributed by atoms with van der Waals surface area (Å²) in [5.74, 6) is -0.998. The quantitative estimate of drug-likeness (QED) is 0.407. The summed E-state index contributed by atoms with van der Waals surface area (Å²) in [6.45, 7) is 4.40. The number of hydrogen-bond donors (Lipinski definition) is 0. The number of halogens is 2. The minimum Gasteiger partial charge on any atom is -0.383 e. The van der Waals surface area contributed by atoms with Crippen LogP contribution in [0.5, 0.6) is 0 Å². The van der Waals surface area contributed by atoms with Gasteiger partial charge in [0.1, 0.15) is 5.82 Å². The first-order valence-electron chi connectivity index (χ1n) is 10.7. The van der Waals surface area contributed by atoms with E-state index in [1.54, 1.807) is 33.7 Å². The summed E-state index contributed by atoms with van der Waals surface area (Å²) in [5.41, 5.74) is 1.44. The van der Waals surface area contributed by atoms with Gasteiger partial charge in [0.25, 0.3) is 5.91 Å². The standard InChI is InChI=1S/C24H27ClFN3O4S/c1-17(2)29(23(30)19-5-4-6-20(25)13-19)15-22-14-27-24(28(22)11-12-33-3)34(31,32)16-18-7-9-21(26)10-8-18/h4-10,13-14,17H,11-12,15-16H2,1-3H3. The molecule has 0 aliphatic rings. The van der Waals surface area contributed by atoms with E-state index in [0.717, 1.165) is 0 Å². The Balaban J connectivity index is 1.94. The lowest BCUT2D eigenvalue weighted by molar-refractivity contribution is 0.0684. The van der Waals surface area contributed by atoms with Gasteiger partial charge in [-0.2, -0.15) is 0 Å². The number of ether oxygens (including phenoxy) is 1. The number of imidazole rings is 1. The van der Waals surface area contributed by atoms with Gasteiger partial charge < -0.3 is 14.2 Å². The van der Waals surface area contributed by atoms with Crippen molar-refractivity contribution in [3.05, 3.63) is 82.4 Å². The third-order valence-electron chi connectivity index (χ3n) is 5.26. The van der Waals surface area contributed by atoms with Crippen molar-refractivity contribution in [2.45, 2.75) is 43.9 Å². The van der Waals surface area contributed by atoms with E-state index in [1.165, 1.54) is 37.6 Å². The molecule has 0 spiro atoms. The summed E-state index contributed by atoms with van der Waals surface area (Å²) >= 11 is 6.06. The number of hydrogen-bond acceptors (Lipinski definition) is 5. The number of carbonyl (C=O) groups excluding carboxylic acids is 1. The molecule has 0 unspecified atom stereocenters. The van der Waals surface area contributed by atoms with Crippen LogP contribution in [0.2, 0.25) is 5.02 Å². The van der Waals surface area contributed by atoms with Crippen molar-refractivity contribution in [2.24, 2.45) is 0 Å². The van der Waals surface area contributed by atoms with Gasteiger partial charge in [-0.1, -0.05) is 29.8 Å². The molecule has 0 N–H and O–H groups in total. The first-order chi connectivity index (χ1) is 16.1. The highest BCUT2D eigenvalue weighted by Gasteiger charge is 2.27. The Kier molecular flexibility index (Phi) is 8.46. The van der Waals surface area contributed by atoms with Crippen LogP contribution in [0.3, 0.4) is 0 Å².